The maximum atomic E-state index is 14.3. The molecule has 3 aliphatic rings. The number of amides is 3. The van der Waals surface area contributed by atoms with Gasteiger partial charge in [0.15, 0.2) is 0 Å². The molecule has 244 valence electrons. The summed E-state index contributed by atoms with van der Waals surface area (Å²) < 4.78 is 69.3. The highest BCUT2D eigenvalue weighted by molar-refractivity contribution is 7.89. The predicted octanol–water partition coefficient (Wildman–Crippen LogP) is 4.71. The summed E-state index contributed by atoms with van der Waals surface area (Å²) in [5, 5.41) is 2.80. The Bertz CT molecular complexity index is 1580. The first-order valence-electron chi connectivity index (χ1n) is 14.7. The van der Waals surface area contributed by atoms with Crippen LogP contribution in [0.25, 0.3) is 0 Å². The molecule has 1 N–H and O–H groups in total. The van der Waals surface area contributed by atoms with E-state index in [1.807, 2.05) is 0 Å². The van der Waals surface area contributed by atoms with Gasteiger partial charge in [-0.25, -0.2) is 8.42 Å². The molecule has 2 saturated heterocycles. The van der Waals surface area contributed by atoms with Gasteiger partial charge in [0.2, 0.25) is 27.7 Å². The van der Waals surface area contributed by atoms with E-state index < -0.39 is 64.4 Å². The number of piperazine rings is 1. The van der Waals surface area contributed by atoms with Crippen LogP contribution in [0.4, 0.5) is 13.2 Å². The van der Waals surface area contributed by atoms with Gasteiger partial charge in [-0.3, -0.25) is 14.4 Å². The Morgan fingerprint density at radius 3 is 2.22 bits per heavy atom. The number of halogens is 5. The number of fused-ring (bicyclic) bond motifs is 1. The monoisotopic (exact) mass is 688 g/mol. The molecule has 0 aromatic heterocycles. The first kappa shape index (κ1) is 33.5. The van der Waals surface area contributed by atoms with Crippen molar-refractivity contribution in [2.45, 2.75) is 81.3 Å². The Labute approximate surface area is 269 Å². The highest BCUT2D eigenvalue weighted by Gasteiger charge is 2.54. The molecule has 2 heterocycles. The lowest BCUT2D eigenvalue weighted by Gasteiger charge is -2.54. The van der Waals surface area contributed by atoms with Crippen molar-refractivity contribution >= 4 is 50.9 Å². The maximum absolute atomic E-state index is 14.3. The van der Waals surface area contributed by atoms with Gasteiger partial charge in [0.25, 0.3) is 0 Å². The third-order valence-corrected chi connectivity index (χ3v) is 11.3. The van der Waals surface area contributed by atoms with Crippen molar-refractivity contribution in [2.24, 2.45) is 5.92 Å². The van der Waals surface area contributed by atoms with Crippen LogP contribution >= 0.6 is 23.2 Å². The standard InChI is InChI=1S/C30H33Cl2F3N4O5S/c1-17(2)37-16-26-38(45(43,44)25-12-11-21(31)14-22(25)32)15-23(36-27(40)19-5-3-4-6-19)28(41)39(26)24(29(37)42)13-18-7-9-20(10-8-18)30(33,34)35/h7-12,14,17,19,23-24,26H,3-6,13,15-16H2,1-2H3,(H,36,40). The summed E-state index contributed by atoms with van der Waals surface area (Å²) in [6.07, 6.45) is -2.94. The van der Waals surface area contributed by atoms with E-state index in [9.17, 15) is 36.0 Å². The van der Waals surface area contributed by atoms with Crippen molar-refractivity contribution in [1.29, 1.82) is 0 Å². The van der Waals surface area contributed by atoms with E-state index in [-0.39, 0.29) is 39.7 Å². The van der Waals surface area contributed by atoms with E-state index in [1.165, 1.54) is 40.1 Å². The number of nitrogens with zero attached hydrogens (tertiary/aromatic N) is 3. The minimum Gasteiger partial charge on any atom is -0.343 e. The quantitative estimate of drug-likeness (QED) is 0.454. The number of benzene rings is 2. The SMILES string of the molecule is CC(C)N1CC2N(C(=O)C(NC(=O)C3CCCC3)CN2S(=O)(=O)c2ccc(Cl)cc2Cl)C(Cc2ccc(C(F)(F)F)cc2)C1=O. The number of hydrogen-bond donors (Lipinski definition) is 1. The molecular weight excluding hydrogens is 656 g/mol. The third kappa shape index (κ3) is 6.68. The van der Waals surface area contributed by atoms with Crippen molar-refractivity contribution in [1.82, 2.24) is 19.4 Å². The molecule has 0 radical (unpaired) electrons. The zero-order chi connectivity index (χ0) is 32.8. The molecule has 3 atom stereocenters. The first-order chi connectivity index (χ1) is 21.1. The summed E-state index contributed by atoms with van der Waals surface area (Å²) in [6, 6.07) is 5.16. The highest BCUT2D eigenvalue weighted by atomic mass is 35.5. The van der Waals surface area contributed by atoms with E-state index in [4.69, 9.17) is 23.2 Å². The largest absolute Gasteiger partial charge is 0.416 e. The molecule has 5 rings (SSSR count). The zero-order valence-corrected chi connectivity index (χ0v) is 26.9. The minimum absolute atomic E-state index is 0.147. The average molecular weight is 690 g/mol. The second kappa shape index (κ2) is 12.7. The zero-order valence-electron chi connectivity index (χ0n) is 24.6. The topological polar surface area (TPSA) is 107 Å². The molecule has 2 aliphatic heterocycles. The van der Waals surface area contributed by atoms with E-state index in [1.54, 1.807) is 13.8 Å². The van der Waals surface area contributed by atoms with Gasteiger partial charge in [0, 0.05) is 29.9 Å². The Morgan fingerprint density at radius 2 is 1.64 bits per heavy atom. The molecule has 2 aromatic rings. The smallest absolute Gasteiger partial charge is 0.343 e. The van der Waals surface area contributed by atoms with Gasteiger partial charge in [-0.15, -0.1) is 0 Å². The second-order valence-corrected chi connectivity index (χ2v) is 14.6. The van der Waals surface area contributed by atoms with Gasteiger partial charge in [0.1, 0.15) is 23.1 Å². The molecule has 45 heavy (non-hydrogen) atoms. The molecule has 1 aliphatic carbocycles. The van der Waals surface area contributed by atoms with Gasteiger partial charge in [-0.05, 0) is 62.6 Å². The normalized spacial score (nSPS) is 23.5. The predicted molar refractivity (Wildman–Crippen MR) is 161 cm³/mol. The van der Waals surface area contributed by atoms with Gasteiger partial charge in [0.05, 0.1) is 17.1 Å². The van der Waals surface area contributed by atoms with Crippen LogP contribution in [0.5, 0.6) is 0 Å². The van der Waals surface area contributed by atoms with Crippen LogP contribution in [0.3, 0.4) is 0 Å². The molecular formula is C30H33Cl2F3N4O5S. The van der Waals surface area contributed by atoms with Gasteiger partial charge in [-0.1, -0.05) is 48.2 Å². The van der Waals surface area contributed by atoms with Gasteiger partial charge in [-0.2, -0.15) is 17.5 Å². The summed E-state index contributed by atoms with van der Waals surface area (Å²) in [7, 11) is -4.44. The fourth-order valence-corrected chi connectivity index (χ4v) is 8.65. The number of nitrogens with one attached hydrogen (secondary N) is 1. The molecule has 9 nitrogen and oxygen atoms in total. The summed E-state index contributed by atoms with van der Waals surface area (Å²) in [6.45, 7) is 2.91. The van der Waals surface area contributed by atoms with Gasteiger partial charge >= 0.3 is 6.18 Å². The number of alkyl halides is 3. The average Bonchev–Trinajstić information content (AvgIpc) is 3.50. The Hall–Kier alpha value is -2.87. The number of carbonyl (C=O) groups excluding carboxylic acids is 3. The molecule has 15 heteroatoms. The van der Waals surface area contributed by atoms with Crippen molar-refractivity contribution in [3.8, 4) is 0 Å². The molecule has 3 fully saturated rings. The lowest BCUT2D eigenvalue weighted by Crippen LogP contribution is -2.76. The highest BCUT2D eigenvalue weighted by Crippen LogP contribution is 2.36. The van der Waals surface area contributed by atoms with E-state index in [2.05, 4.69) is 5.32 Å². The number of carbonyl (C=O) groups is 3. The Kier molecular flexibility index (Phi) is 9.48. The van der Waals surface area contributed by atoms with Crippen LogP contribution in [-0.2, 0) is 37.0 Å². The van der Waals surface area contributed by atoms with Gasteiger partial charge < -0.3 is 15.1 Å². The van der Waals surface area contributed by atoms with Crippen LogP contribution in [-0.4, -0.2) is 77.6 Å². The van der Waals surface area contributed by atoms with Crippen molar-refractivity contribution in [3.63, 3.8) is 0 Å². The Balaban J connectivity index is 1.58. The first-order valence-corrected chi connectivity index (χ1v) is 16.8. The molecule has 0 spiro atoms. The fraction of sp³-hybridized carbons (Fsp3) is 0.500. The van der Waals surface area contributed by atoms with Crippen molar-refractivity contribution in [2.75, 3.05) is 13.1 Å². The lowest BCUT2D eigenvalue weighted by molar-refractivity contribution is -0.169. The summed E-state index contributed by atoms with van der Waals surface area (Å²) >= 11 is 12.4. The molecule has 2 aromatic carbocycles. The lowest BCUT2D eigenvalue weighted by atomic mass is 9.95. The van der Waals surface area contributed by atoms with Crippen LogP contribution < -0.4 is 5.32 Å². The second-order valence-electron chi connectivity index (χ2n) is 11.9. The van der Waals surface area contributed by atoms with Crippen LogP contribution in [0.1, 0.15) is 50.7 Å². The number of rotatable bonds is 7. The molecule has 1 saturated carbocycles. The summed E-state index contributed by atoms with van der Waals surface area (Å²) in [5.74, 6) is -1.83. The summed E-state index contributed by atoms with van der Waals surface area (Å²) in [5.41, 5.74) is -0.533. The molecule has 0 bridgehead atoms. The summed E-state index contributed by atoms with van der Waals surface area (Å²) in [4.78, 5) is 43.6. The molecule has 3 unspecified atom stereocenters. The van der Waals surface area contributed by atoms with Crippen LogP contribution in [0.15, 0.2) is 47.4 Å². The number of hydrogen-bond acceptors (Lipinski definition) is 5. The van der Waals surface area contributed by atoms with E-state index in [0.717, 1.165) is 29.3 Å². The van der Waals surface area contributed by atoms with E-state index in [0.29, 0.717) is 18.4 Å². The van der Waals surface area contributed by atoms with Crippen LogP contribution in [0, 0.1) is 5.92 Å². The van der Waals surface area contributed by atoms with Crippen molar-refractivity contribution < 1.29 is 36.0 Å². The maximum Gasteiger partial charge on any atom is 0.416 e. The number of sulfonamides is 1. The minimum atomic E-state index is -4.57. The Morgan fingerprint density at radius 1 is 1.00 bits per heavy atom. The van der Waals surface area contributed by atoms with E-state index >= 15 is 0 Å². The van der Waals surface area contributed by atoms with Crippen molar-refractivity contribution in [3.05, 3.63) is 63.6 Å². The molecule has 3 amide bonds. The van der Waals surface area contributed by atoms with Crippen LogP contribution in [0.2, 0.25) is 10.0 Å². The third-order valence-electron chi connectivity index (χ3n) is 8.69. The fourth-order valence-electron chi connectivity index (χ4n) is 6.32.